The fourth-order valence-corrected chi connectivity index (χ4v) is 2.36. The van der Waals surface area contributed by atoms with Gasteiger partial charge >= 0.3 is 6.09 Å². The molecule has 2 N–H and O–H groups in total. The van der Waals surface area contributed by atoms with Gasteiger partial charge in [-0.05, 0) is 49.2 Å². The van der Waals surface area contributed by atoms with Crippen LogP contribution >= 0.6 is 0 Å². The number of rotatable bonds is 8. The van der Waals surface area contributed by atoms with Crippen molar-refractivity contribution in [3.05, 3.63) is 48.0 Å². The Kier molecular flexibility index (Phi) is 7.68. The van der Waals surface area contributed by atoms with Crippen LogP contribution in [0.4, 0.5) is 16.2 Å². The molecular formula is C21H26N2O5. The van der Waals surface area contributed by atoms with Gasteiger partial charge in [-0.3, -0.25) is 10.1 Å². The lowest BCUT2D eigenvalue weighted by Crippen LogP contribution is -2.17. The Hall–Kier alpha value is -3.22. The standard InChI is InChI=1S/C21H26N2O5/c1-5-27-19-11-15(9-10-18(19)26-4)20(24)22-16-7-6-8-17(12-16)23-21(25)28-13-14(2)3/h6-12,14H,5,13H2,1-4H3,(H,22,24)(H,23,25). The largest absolute Gasteiger partial charge is 0.493 e. The van der Waals surface area contributed by atoms with Crippen molar-refractivity contribution >= 4 is 23.4 Å². The summed E-state index contributed by atoms with van der Waals surface area (Å²) in [6.07, 6.45) is -0.534. The average Bonchev–Trinajstić information content (AvgIpc) is 2.67. The predicted molar refractivity (Wildman–Crippen MR) is 108 cm³/mol. The first kappa shape index (κ1) is 21.1. The van der Waals surface area contributed by atoms with E-state index in [9.17, 15) is 9.59 Å². The van der Waals surface area contributed by atoms with E-state index in [1.165, 1.54) is 0 Å². The van der Waals surface area contributed by atoms with E-state index in [0.29, 0.717) is 41.7 Å². The van der Waals surface area contributed by atoms with E-state index in [1.54, 1.807) is 49.6 Å². The van der Waals surface area contributed by atoms with Crippen LogP contribution in [0.1, 0.15) is 31.1 Å². The zero-order chi connectivity index (χ0) is 20.5. The molecule has 7 heteroatoms. The highest BCUT2D eigenvalue weighted by Gasteiger charge is 2.12. The minimum Gasteiger partial charge on any atom is -0.493 e. The molecule has 0 radical (unpaired) electrons. The van der Waals surface area contributed by atoms with Crippen LogP contribution in [-0.4, -0.2) is 32.3 Å². The van der Waals surface area contributed by atoms with Crippen LogP contribution in [0.5, 0.6) is 11.5 Å². The molecule has 0 saturated heterocycles. The molecule has 0 heterocycles. The van der Waals surface area contributed by atoms with Gasteiger partial charge < -0.3 is 19.5 Å². The van der Waals surface area contributed by atoms with Crippen LogP contribution in [0.15, 0.2) is 42.5 Å². The quantitative estimate of drug-likeness (QED) is 0.695. The minimum absolute atomic E-state index is 0.252. The molecule has 7 nitrogen and oxygen atoms in total. The maximum atomic E-state index is 12.6. The Morgan fingerprint density at radius 2 is 1.71 bits per heavy atom. The monoisotopic (exact) mass is 386 g/mol. The minimum atomic E-state index is -0.534. The Morgan fingerprint density at radius 3 is 2.36 bits per heavy atom. The highest BCUT2D eigenvalue weighted by Crippen LogP contribution is 2.28. The van der Waals surface area contributed by atoms with Gasteiger partial charge in [0.05, 0.1) is 20.3 Å². The van der Waals surface area contributed by atoms with E-state index in [4.69, 9.17) is 14.2 Å². The lowest BCUT2D eigenvalue weighted by Gasteiger charge is -2.12. The summed E-state index contributed by atoms with van der Waals surface area (Å²) in [5.41, 5.74) is 1.50. The summed E-state index contributed by atoms with van der Waals surface area (Å²) in [4.78, 5) is 24.3. The molecule has 2 rings (SSSR count). The van der Waals surface area contributed by atoms with E-state index in [-0.39, 0.29) is 11.8 Å². The SMILES string of the molecule is CCOc1cc(C(=O)Nc2cccc(NC(=O)OCC(C)C)c2)ccc1OC. The molecule has 0 aromatic heterocycles. The lowest BCUT2D eigenvalue weighted by atomic mass is 10.1. The second-order valence-corrected chi connectivity index (χ2v) is 6.45. The van der Waals surface area contributed by atoms with Gasteiger partial charge in [-0.15, -0.1) is 0 Å². The Labute approximate surface area is 165 Å². The summed E-state index contributed by atoms with van der Waals surface area (Å²) in [5.74, 6) is 1.01. The molecule has 0 bridgehead atoms. The molecule has 0 saturated carbocycles. The fraction of sp³-hybridized carbons (Fsp3) is 0.333. The van der Waals surface area contributed by atoms with E-state index in [0.717, 1.165) is 0 Å². The number of benzene rings is 2. The van der Waals surface area contributed by atoms with E-state index in [1.807, 2.05) is 20.8 Å². The van der Waals surface area contributed by atoms with Crippen LogP contribution < -0.4 is 20.1 Å². The third kappa shape index (κ3) is 6.19. The van der Waals surface area contributed by atoms with Gasteiger partial charge in [0.25, 0.3) is 5.91 Å². The van der Waals surface area contributed by atoms with Crippen molar-refractivity contribution < 1.29 is 23.8 Å². The van der Waals surface area contributed by atoms with Gasteiger partial charge in [0.2, 0.25) is 0 Å². The summed E-state index contributed by atoms with van der Waals surface area (Å²) >= 11 is 0. The summed E-state index contributed by atoms with van der Waals surface area (Å²) < 4.78 is 15.8. The van der Waals surface area contributed by atoms with Crippen LogP contribution in [0.25, 0.3) is 0 Å². The van der Waals surface area contributed by atoms with Gasteiger partial charge in [-0.1, -0.05) is 19.9 Å². The van der Waals surface area contributed by atoms with Crippen LogP contribution in [-0.2, 0) is 4.74 Å². The summed E-state index contributed by atoms with van der Waals surface area (Å²) in [6.45, 7) is 6.57. The van der Waals surface area contributed by atoms with Gasteiger partial charge in [-0.25, -0.2) is 4.79 Å². The topological polar surface area (TPSA) is 85.9 Å². The van der Waals surface area contributed by atoms with Crippen LogP contribution in [0.2, 0.25) is 0 Å². The zero-order valence-electron chi connectivity index (χ0n) is 16.6. The Bertz CT molecular complexity index is 820. The molecule has 2 aromatic carbocycles. The normalized spacial score (nSPS) is 10.3. The van der Waals surface area contributed by atoms with Gasteiger partial charge in [-0.2, -0.15) is 0 Å². The third-order valence-corrected chi connectivity index (χ3v) is 3.64. The number of methoxy groups -OCH3 is 1. The van der Waals surface area contributed by atoms with E-state index >= 15 is 0 Å². The first-order valence-corrected chi connectivity index (χ1v) is 9.09. The van der Waals surface area contributed by atoms with Crippen molar-refractivity contribution in [3.8, 4) is 11.5 Å². The van der Waals surface area contributed by atoms with Crippen molar-refractivity contribution in [1.29, 1.82) is 0 Å². The average molecular weight is 386 g/mol. The summed E-state index contributed by atoms with van der Waals surface area (Å²) in [6, 6.07) is 11.8. The molecule has 0 aliphatic rings. The van der Waals surface area contributed by atoms with Crippen molar-refractivity contribution in [2.24, 2.45) is 5.92 Å². The van der Waals surface area contributed by atoms with Crippen molar-refractivity contribution in [3.63, 3.8) is 0 Å². The number of ether oxygens (including phenoxy) is 3. The number of anilines is 2. The number of carbonyl (C=O) groups is 2. The second kappa shape index (κ2) is 10.2. The van der Waals surface area contributed by atoms with Gasteiger partial charge in [0.15, 0.2) is 11.5 Å². The number of hydrogen-bond donors (Lipinski definition) is 2. The maximum absolute atomic E-state index is 12.6. The molecule has 150 valence electrons. The highest BCUT2D eigenvalue weighted by molar-refractivity contribution is 6.05. The Balaban J connectivity index is 2.06. The van der Waals surface area contributed by atoms with Crippen molar-refractivity contribution in [2.45, 2.75) is 20.8 Å². The first-order chi connectivity index (χ1) is 13.4. The van der Waals surface area contributed by atoms with Crippen LogP contribution in [0.3, 0.4) is 0 Å². The molecule has 2 aromatic rings. The number of nitrogens with one attached hydrogen (secondary N) is 2. The molecular weight excluding hydrogens is 360 g/mol. The molecule has 28 heavy (non-hydrogen) atoms. The second-order valence-electron chi connectivity index (χ2n) is 6.45. The zero-order valence-corrected chi connectivity index (χ0v) is 16.6. The predicted octanol–water partition coefficient (Wildman–Crippen LogP) is 4.55. The molecule has 0 spiro atoms. The molecule has 0 unspecified atom stereocenters. The third-order valence-electron chi connectivity index (χ3n) is 3.64. The van der Waals surface area contributed by atoms with Crippen molar-refractivity contribution in [2.75, 3.05) is 31.0 Å². The van der Waals surface area contributed by atoms with Crippen LogP contribution in [0, 0.1) is 5.92 Å². The molecule has 0 fully saturated rings. The highest BCUT2D eigenvalue weighted by atomic mass is 16.5. The Morgan fingerprint density at radius 1 is 1.00 bits per heavy atom. The van der Waals surface area contributed by atoms with Gasteiger partial charge in [0.1, 0.15) is 0 Å². The molecule has 0 atom stereocenters. The summed E-state index contributed by atoms with van der Waals surface area (Å²) in [7, 11) is 1.54. The first-order valence-electron chi connectivity index (χ1n) is 9.09. The van der Waals surface area contributed by atoms with E-state index < -0.39 is 6.09 Å². The fourth-order valence-electron chi connectivity index (χ4n) is 2.36. The number of amides is 2. The smallest absolute Gasteiger partial charge is 0.411 e. The maximum Gasteiger partial charge on any atom is 0.411 e. The van der Waals surface area contributed by atoms with E-state index in [2.05, 4.69) is 10.6 Å². The van der Waals surface area contributed by atoms with Gasteiger partial charge in [0, 0.05) is 16.9 Å². The summed E-state index contributed by atoms with van der Waals surface area (Å²) in [5, 5.41) is 5.44. The lowest BCUT2D eigenvalue weighted by molar-refractivity contribution is 0.102. The number of carbonyl (C=O) groups excluding carboxylic acids is 2. The number of hydrogen-bond acceptors (Lipinski definition) is 5. The van der Waals surface area contributed by atoms with Crippen molar-refractivity contribution in [1.82, 2.24) is 0 Å². The molecule has 2 amide bonds. The molecule has 0 aliphatic heterocycles. The molecule has 0 aliphatic carbocycles.